The van der Waals surface area contributed by atoms with Crippen LogP contribution in [0, 0.1) is 10.1 Å². The van der Waals surface area contributed by atoms with Crippen LogP contribution < -0.4 is 10.1 Å². The number of rotatable bonds is 2. The summed E-state index contributed by atoms with van der Waals surface area (Å²) in [4.78, 5) is 22.9. The van der Waals surface area contributed by atoms with Crippen molar-refractivity contribution in [3.63, 3.8) is 0 Å². The molecular formula is C16H11ClN2O4. The molecule has 0 radical (unpaired) electrons. The Morgan fingerprint density at radius 2 is 1.78 bits per heavy atom. The first kappa shape index (κ1) is 16.4. The molecule has 0 fully saturated rings. The molecule has 0 atom stereocenters. The number of benzene rings is 2. The quantitative estimate of drug-likeness (QED) is 0.531. The average molecular weight is 331 g/mol. The molecule has 1 N–H and O–H groups in total. The van der Waals surface area contributed by atoms with E-state index in [9.17, 15) is 20.0 Å². The van der Waals surface area contributed by atoms with E-state index in [0.29, 0.717) is 0 Å². The van der Waals surface area contributed by atoms with Crippen molar-refractivity contribution in [2.24, 2.45) is 0 Å². The Hall–Kier alpha value is -2.99. The molecule has 7 heteroatoms. The van der Waals surface area contributed by atoms with E-state index in [1.165, 1.54) is 16.8 Å². The van der Waals surface area contributed by atoms with E-state index in [4.69, 9.17) is 11.6 Å². The molecule has 3 aromatic rings. The maximum absolute atomic E-state index is 10.4. The summed E-state index contributed by atoms with van der Waals surface area (Å²) in [6.45, 7) is 0. The monoisotopic (exact) mass is 330 g/mol. The van der Waals surface area contributed by atoms with Gasteiger partial charge < -0.3 is 9.90 Å². The van der Waals surface area contributed by atoms with Crippen molar-refractivity contribution in [1.82, 2.24) is 0 Å². The number of carboxylic acids is 1. The number of nitrogens with zero attached hydrogens (tertiary/aromatic N) is 1. The molecule has 3 rings (SSSR count). The van der Waals surface area contributed by atoms with E-state index >= 15 is 0 Å². The van der Waals surface area contributed by atoms with E-state index in [1.54, 1.807) is 0 Å². The number of hydrogen-bond donors (Lipinski definition) is 0. The fraction of sp³-hybridized carbons (Fsp3) is 0. The van der Waals surface area contributed by atoms with Crippen molar-refractivity contribution >= 4 is 34.0 Å². The second-order valence-electron chi connectivity index (χ2n) is 4.48. The van der Waals surface area contributed by atoms with Gasteiger partial charge in [-0.2, -0.15) is 0 Å². The fourth-order valence-electron chi connectivity index (χ4n) is 1.90. The SMILES string of the molecule is O=C([O-])c1ccc(Cl)cc1[N+](=O)[O-].c1ccc2c[nH+]ccc2c1. The predicted molar refractivity (Wildman–Crippen MR) is 82.9 cm³/mol. The second kappa shape index (κ2) is 7.33. The van der Waals surface area contributed by atoms with Gasteiger partial charge in [0.2, 0.25) is 0 Å². The molecule has 0 aliphatic rings. The number of carbonyl (C=O) groups excluding carboxylic acids is 1. The number of carbonyl (C=O) groups is 1. The summed E-state index contributed by atoms with van der Waals surface area (Å²) in [5.41, 5.74) is -1.04. The lowest BCUT2D eigenvalue weighted by Crippen LogP contribution is -2.23. The number of nitro benzene ring substituents is 1. The van der Waals surface area contributed by atoms with Crippen molar-refractivity contribution in [1.29, 1.82) is 0 Å². The van der Waals surface area contributed by atoms with Crippen LogP contribution in [0.25, 0.3) is 10.8 Å². The normalized spacial score (nSPS) is 9.78. The van der Waals surface area contributed by atoms with Crippen LogP contribution >= 0.6 is 11.6 Å². The van der Waals surface area contributed by atoms with Crippen LogP contribution in [0.15, 0.2) is 60.9 Å². The lowest BCUT2D eigenvalue weighted by Gasteiger charge is -2.02. The predicted octanol–water partition coefficient (Wildman–Crippen LogP) is 2.27. The zero-order valence-electron chi connectivity index (χ0n) is 11.7. The zero-order valence-corrected chi connectivity index (χ0v) is 12.5. The summed E-state index contributed by atoms with van der Waals surface area (Å²) in [6.07, 6.45) is 3.93. The van der Waals surface area contributed by atoms with Crippen LogP contribution in [0.4, 0.5) is 5.69 Å². The first-order chi connectivity index (χ1) is 11.0. The molecule has 0 aliphatic heterocycles. The minimum atomic E-state index is -1.59. The summed E-state index contributed by atoms with van der Waals surface area (Å²) < 4.78 is 0. The third-order valence-electron chi connectivity index (χ3n) is 2.97. The first-order valence-corrected chi connectivity index (χ1v) is 6.87. The van der Waals surface area contributed by atoms with Gasteiger partial charge in [-0.25, -0.2) is 4.98 Å². The smallest absolute Gasteiger partial charge is 0.279 e. The average Bonchev–Trinajstić information content (AvgIpc) is 2.55. The fourth-order valence-corrected chi connectivity index (χ4v) is 2.06. The number of fused-ring (bicyclic) bond motifs is 1. The van der Waals surface area contributed by atoms with Gasteiger partial charge in [0.1, 0.15) is 0 Å². The van der Waals surface area contributed by atoms with Gasteiger partial charge in [0, 0.05) is 22.5 Å². The summed E-state index contributed by atoms with van der Waals surface area (Å²) >= 11 is 5.45. The van der Waals surface area contributed by atoms with Crippen LogP contribution in [0.2, 0.25) is 5.02 Å². The molecular weight excluding hydrogens is 320 g/mol. The number of aromatic carboxylic acids is 1. The Labute approximate surface area is 136 Å². The Bertz CT molecular complexity index is 802. The van der Waals surface area contributed by atoms with E-state index in [2.05, 4.69) is 23.2 Å². The van der Waals surface area contributed by atoms with Crippen LogP contribution in [0.5, 0.6) is 0 Å². The molecule has 1 heterocycles. The highest BCUT2D eigenvalue weighted by Crippen LogP contribution is 2.22. The van der Waals surface area contributed by atoms with Gasteiger partial charge in [0.15, 0.2) is 12.4 Å². The van der Waals surface area contributed by atoms with E-state index in [-0.39, 0.29) is 5.02 Å². The van der Waals surface area contributed by atoms with Gasteiger partial charge in [-0.05, 0) is 23.6 Å². The highest BCUT2D eigenvalue weighted by atomic mass is 35.5. The molecule has 0 aliphatic carbocycles. The number of pyridine rings is 1. The van der Waals surface area contributed by atoms with Crippen molar-refractivity contribution < 1.29 is 19.8 Å². The van der Waals surface area contributed by atoms with Crippen LogP contribution in [0.1, 0.15) is 10.4 Å². The molecule has 0 bridgehead atoms. The molecule has 2 aromatic carbocycles. The minimum absolute atomic E-state index is 0.108. The van der Waals surface area contributed by atoms with Crippen molar-refractivity contribution in [2.75, 3.05) is 0 Å². The topological polar surface area (TPSA) is 97.4 Å². The third-order valence-corrected chi connectivity index (χ3v) is 3.21. The maximum Gasteiger partial charge on any atom is 0.279 e. The Morgan fingerprint density at radius 3 is 2.39 bits per heavy atom. The summed E-state index contributed by atoms with van der Waals surface area (Å²) in [7, 11) is 0. The van der Waals surface area contributed by atoms with Gasteiger partial charge in [0.25, 0.3) is 5.69 Å². The molecule has 23 heavy (non-hydrogen) atoms. The number of aromatic nitrogens is 1. The van der Waals surface area contributed by atoms with Crippen molar-refractivity contribution in [3.8, 4) is 0 Å². The largest absolute Gasteiger partial charge is 0.545 e. The molecule has 0 saturated carbocycles. The molecule has 0 saturated heterocycles. The number of carboxylic acid groups (broad SMARTS) is 1. The number of hydrogen-bond acceptors (Lipinski definition) is 4. The lowest BCUT2D eigenvalue weighted by atomic mass is 10.2. The number of nitro groups is 1. The van der Waals surface area contributed by atoms with Crippen molar-refractivity contribution in [3.05, 3.63) is 81.6 Å². The number of nitrogens with one attached hydrogen (secondary N) is 1. The first-order valence-electron chi connectivity index (χ1n) is 6.49. The standard InChI is InChI=1S/C9H7N.C7H4ClNO4/c1-2-4-9-7-10-6-5-8(9)3-1;8-4-1-2-5(7(10)11)6(3-4)9(12)13/h1-7H;1-3H,(H,10,11). The molecule has 6 nitrogen and oxygen atoms in total. The molecule has 1 aromatic heterocycles. The molecule has 0 unspecified atom stereocenters. The molecule has 116 valence electrons. The van der Waals surface area contributed by atoms with Crippen LogP contribution in [0.3, 0.4) is 0 Å². The third kappa shape index (κ3) is 4.24. The maximum atomic E-state index is 10.4. The van der Waals surface area contributed by atoms with Gasteiger partial charge in [-0.1, -0.05) is 29.8 Å². The highest BCUT2D eigenvalue weighted by molar-refractivity contribution is 6.31. The molecule has 0 spiro atoms. The van der Waals surface area contributed by atoms with E-state index in [1.807, 2.05) is 24.5 Å². The second-order valence-corrected chi connectivity index (χ2v) is 4.92. The molecule has 0 amide bonds. The summed E-state index contributed by atoms with van der Waals surface area (Å²) in [5.74, 6) is -1.59. The lowest BCUT2D eigenvalue weighted by molar-refractivity contribution is -0.385. The van der Waals surface area contributed by atoms with Gasteiger partial charge in [-0.15, -0.1) is 0 Å². The minimum Gasteiger partial charge on any atom is -0.545 e. The van der Waals surface area contributed by atoms with Gasteiger partial charge in [0.05, 0.1) is 16.5 Å². The number of aromatic amines is 1. The number of halogens is 1. The zero-order chi connectivity index (χ0) is 16.8. The highest BCUT2D eigenvalue weighted by Gasteiger charge is 2.14. The summed E-state index contributed by atoms with van der Waals surface area (Å²) in [6, 6.07) is 13.6. The van der Waals surface area contributed by atoms with Crippen molar-refractivity contribution in [2.45, 2.75) is 0 Å². The Kier molecular flexibility index (Phi) is 5.22. The Balaban J connectivity index is 0.000000172. The van der Waals surface area contributed by atoms with E-state index < -0.39 is 22.1 Å². The Morgan fingerprint density at radius 1 is 1.09 bits per heavy atom. The van der Waals surface area contributed by atoms with E-state index in [0.717, 1.165) is 12.1 Å². The van der Waals surface area contributed by atoms with Crippen LogP contribution in [-0.4, -0.2) is 10.9 Å². The van der Waals surface area contributed by atoms with Gasteiger partial charge >= 0.3 is 0 Å². The summed E-state index contributed by atoms with van der Waals surface area (Å²) in [5, 5.41) is 23.4. The van der Waals surface area contributed by atoms with Gasteiger partial charge in [-0.3, -0.25) is 10.1 Å². The van der Waals surface area contributed by atoms with Crippen LogP contribution in [-0.2, 0) is 0 Å². The number of H-pyrrole nitrogens is 1.